The molecule has 1 saturated heterocycles. The van der Waals surface area contributed by atoms with Crippen LogP contribution in [0.5, 0.6) is 0 Å². The molecule has 2 amide bonds. The zero-order chi connectivity index (χ0) is 16.6. The highest BCUT2D eigenvalue weighted by Crippen LogP contribution is 2.59. The van der Waals surface area contributed by atoms with Gasteiger partial charge in [0.1, 0.15) is 0 Å². The first kappa shape index (κ1) is 16.3. The van der Waals surface area contributed by atoms with Crippen molar-refractivity contribution < 1.29 is 14.3 Å². The van der Waals surface area contributed by atoms with Crippen LogP contribution in [0.4, 0.5) is 4.79 Å². The summed E-state index contributed by atoms with van der Waals surface area (Å²) >= 11 is 0. The summed E-state index contributed by atoms with van der Waals surface area (Å²) in [5, 5.41) is 0. The number of hydrogen-bond donors (Lipinski definition) is 1. The molecule has 1 heterocycles. The quantitative estimate of drug-likeness (QED) is 0.639. The summed E-state index contributed by atoms with van der Waals surface area (Å²) in [5.41, 5.74) is 7.18. The second kappa shape index (κ2) is 6.17. The third-order valence-corrected chi connectivity index (χ3v) is 6.28. The smallest absolute Gasteiger partial charge is 0.314 e. The highest BCUT2D eigenvalue weighted by atomic mass is 16.5. The van der Waals surface area contributed by atoms with Crippen LogP contribution in [-0.4, -0.2) is 36.6 Å². The molecule has 0 unspecified atom stereocenters. The van der Waals surface area contributed by atoms with E-state index in [-0.39, 0.29) is 11.9 Å². The summed E-state index contributed by atoms with van der Waals surface area (Å²) in [4.78, 5) is 25.0. The van der Waals surface area contributed by atoms with Gasteiger partial charge in [-0.15, -0.1) is 0 Å². The first-order chi connectivity index (χ1) is 10.9. The molecule has 4 aliphatic rings. The normalized spacial score (nSPS) is 31.8. The summed E-state index contributed by atoms with van der Waals surface area (Å²) in [5.74, 6) is 1.10. The van der Waals surface area contributed by atoms with Crippen LogP contribution >= 0.6 is 0 Å². The molecule has 5 heteroatoms. The van der Waals surface area contributed by atoms with Crippen LogP contribution < -0.4 is 5.73 Å². The van der Waals surface area contributed by atoms with Gasteiger partial charge in [0.25, 0.3) is 0 Å². The molecule has 0 spiro atoms. The highest BCUT2D eigenvalue weighted by Gasteiger charge is 2.50. The van der Waals surface area contributed by atoms with Gasteiger partial charge < -0.3 is 15.4 Å². The number of amides is 2. The summed E-state index contributed by atoms with van der Waals surface area (Å²) in [6, 6.07) is -0.448. The minimum absolute atomic E-state index is 0.182. The molecule has 128 valence electrons. The third kappa shape index (κ3) is 3.10. The molecule has 0 radical (unpaired) electrons. The van der Waals surface area contributed by atoms with Gasteiger partial charge in [-0.05, 0) is 42.9 Å². The molecule has 5 nitrogen and oxygen atoms in total. The molecule has 3 aliphatic carbocycles. The lowest BCUT2D eigenvalue weighted by Crippen LogP contribution is -2.48. The number of nitrogens with zero attached hydrogens (tertiary/aromatic N) is 1. The number of allylic oxidation sites excluding steroid dienone is 1. The van der Waals surface area contributed by atoms with Crippen molar-refractivity contribution in [3.8, 4) is 0 Å². The van der Waals surface area contributed by atoms with Gasteiger partial charge in [0.15, 0.2) is 0 Å². The van der Waals surface area contributed by atoms with Crippen molar-refractivity contribution in [1.29, 1.82) is 0 Å². The average molecular weight is 320 g/mol. The minimum Gasteiger partial charge on any atom is -0.465 e. The molecule has 4 rings (SSSR count). The molecule has 0 aromatic rings. The van der Waals surface area contributed by atoms with E-state index >= 15 is 0 Å². The van der Waals surface area contributed by atoms with Crippen LogP contribution in [0.25, 0.3) is 0 Å². The Morgan fingerprint density at radius 1 is 1.43 bits per heavy atom. The van der Waals surface area contributed by atoms with E-state index in [1.54, 1.807) is 0 Å². The van der Waals surface area contributed by atoms with Crippen LogP contribution in [0.2, 0.25) is 0 Å². The molecule has 2 fully saturated rings. The zero-order valence-electron chi connectivity index (χ0n) is 14.2. The predicted octanol–water partition coefficient (Wildman–Crippen LogP) is 2.70. The number of hydrogen-bond acceptors (Lipinski definition) is 3. The van der Waals surface area contributed by atoms with Crippen LogP contribution in [-0.2, 0) is 9.53 Å². The number of piperidine rings is 1. The average Bonchev–Trinajstić information content (AvgIpc) is 2.54. The molecule has 2 N–H and O–H groups in total. The number of fused-ring (bicyclic) bond motifs is 1. The number of nitrogens with two attached hydrogens (primary N) is 1. The van der Waals surface area contributed by atoms with Gasteiger partial charge in [-0.3, -0.25) is 4.79 Å². The van der Waals surface area contributed by atoms with Crippen molar-refractivity contribution >= 4 is 12.0 Å². The summed E-state index contributed by atoms with van der Waals surface area (Å²) in [7, 11) is 0. The molecule has 1 aliphatic heterocycles. The van der Waals surface area contributed by atoms with E-state index < -0.39 is 6.03 Å². The van der Waals surface area contributed by atoms with Crippen molar-refractivity contribution in [3.05, 3.63) is 11.6 Å². The number of urea groups is 1. The Hall–Kier alpha value is -1.52. The number of esters is 1. The number of carbonyl (C=O) groups is 2. The van der Waals surface area contributed by atoms with Crippen molar-refractivity contribution in [2.75, 3.05) is 19.7 Å². The van der Waals surface area contributed by atoms with Gasteiger partial charge in [0.05, 0.1) is 12.5 Å². The SMILES string of the molecule is CC1(C)[C@H]2CC=C(CCOC(=O)[C@H]3CCCN(C(N)=O)C3)[C@H]1C2. The second-order valence-corrected chi connectivity index (χ2v) is 7.86. The maximum absolute atomic E-state index is 12.2. The van der Waals surface area contributed by atoms with Gasteiger partial charge in [0, 0.05) is 19.5 Å². The first-order valence-electron chi connectivity index (χ1n) is 8.79. The van der Waals surface area contributed by atoms with Crippen LogP contribution in [0.15, 0.2) is 11.6 Å². The molecular weight excluding hydrogens is 292 g/mol. The number of likely N-dealkylation sites (tertiary alicyclic amines) is 1. The highest BCUT2D eigenvalue weighted by molar-refractivity contribution is 5.76. The molecule has 23 heavy (non-hydrogen) atoms. The van der Waals surface area contributed by atoms with Crippen molar-refractivity contribution in [1.82, 2.24) is 4.90 Å². The van der Waals surface area contributed by atoms with Crippen molar-refractivity contribution in [2.45, 2.75) is 46.0 Å². The maximum atomic E-state index is 12.2. The van der Waals surface area contributed by atoms with Gasteiger partial charge in [-0.25, -0.2) is 4.79 Å². The van der Waals surface area contributed by atoms with Gasteiger partial charge in [-0.2, -0.15) is 0 Å². The van der Waals surface area contributed by atoms with E-state index in [2.05, 4.69) is 19.9 Å². The Labute approximate surface area is 138 Å². The van der Waals surface area contributed by atoms with Crippen molar-refractivity contribution in [3.63, 3.8) is 0 Å². The number of rotatable bonds is 4. The van der Waals surface area contributed by atoms with Crippen LogP contribution in [0.1, 0.15) is 46.0 Å². The lowest BCUT2D eigenvalue weighted by molar-refractivity contribution is -0.150. The molecule has 0 aromatic heterocycles. The van der Waals surface area contributed by atoms with E-state index in [9.17, 15) is 9.59 Å². The van der Waals surface area contributed by atoms with E-state index in [1.807, 2.05) is 0 Å². The Morgan fingerprint density at radius 3 is 2.87 bits per heavy atom. The fraction of sp³-hybridized carbons (Fsp3) is 0.778. The minimum atomic E-state index is -0.448. The monoisotopic (exact) mass is 320 g/mol. The van der Waals surface area contributed by atoms with Crippen LogP contribution in [0.3, 0.4) is 0 Å². The Morgan fingerprint density at radius 2 is 2.22 bits per heavy atom. The predicted molar refractivity (Wildman–Crippen MR) is 87.5 cm³/mol. The Kier molecular flexibility index (Phi) is 4.39. The van der Waals surface area contributed by atoms with E-state index in [0.29, 0.717) is 31.0 Å². The third-order valence-electron chi connectivity index (χ3n) is 6.28. The molecule has 0 aromatic carbocycles. The van der Waals surface area contributed by atoms with Gasteiger partial charge >= 0.3 is 12.0 Å². The summed E-state index contributed by atoms with van der Waals surface area (Å²) in [6.45, 7) is 6.20. The Balaban J connectivity index is 1.45. The zero-order valence-corrected chi connectivity index (χ0v) is 14.2. The topological polar surface area (TPSA) is 72.6 Å². The molecule has 3 atom stereocenters. The van der Waals surface area contributed by atoms with Crippen LogP contribution in [0, 0.1) is 23.2 Å². The number of ether oxygens (including phenoxy) is 1. The first-order valence-corrected chi connectivity index (χ1v) is 8.79. The molecule has 2 bridgehead atoms. The lowest BCUT2D eigenvalue weighted by atomic mass is 9.48. The fourth-order valence-electron chi connectivity index (χ4n) is 4.51. The summed E-state index contributed by atoms with van der Waals surface area (Å²) < 4.78 is 5.49. The number of primary amides is 1. The molecular formula is C18H28N2O3. The number of carbonyl (C=O) groups excluding carboxylic acids is 2. The second-order valence-electron chi connectivity index (χ2n) is 7.86. The largest absolute Gasteiger partial charge is 0.465 e. The van der Waals surface area contributed by atoms with Crippen molar-refractivity contribution in [2.24, 2.45) is 28.9 Å². The molecule has 1 saturated carbocycles. The van der Waals surface area contributed by atoms with E-state index in [4.69, 9.17) is 10.5 Å². The summed E-state index contributed by atoms with van der Waals surface area (Å²) in [6.07, 6.45) is 7.26. The lowest BCUT2D eigenvalue weighted by Gasteiger charge is -2.56. The maximum Gasteiger partial charge on any atom is 0.314 e. The standard InChI is InChI=1S/C18H28N2O3/c1-18(2)14-6-5-12(15(18)10-14)7-9-23-16(21)13-4-3-8-20(11-13)17(19)22/h5,13-15H,3-4,6-11H2,1-2H3,(H2,19,22)/t13-,14-,15+/m0/s1. The van der Waals surface area contributed by atoms with Gasteiger partial charge in [0.2, 0.25) is 0 Å². The Bertz CT molecular complexity index is 526. The fourth-order valence-corrected chi connectivity index (χ4v) is 4.51. The van der Waals surface area contributed by atoms with E-state index in [0.717, 1.165) is 25.2 Å². The van der Waals surface area contributed by atoms with E-state index in [1.165, 1.54) is 23.3 Å². The van der Waals surface area contributed by atoms with Gasteiger partial charge in [-0.1, -0.05) is 25.5 Å².